The van der Waals surface area contributed by atoms with Crippen LogP contribution in [-0.4, -0.2) is 26.0 Å². The Labute approximate surface area is 145 Å². The molecule has 4 aliphatic rings. The van der Waals surface area contributed by atoms with Gasteiger partial charge in [-0.05, 0) is 74.3 Å². The second kappa shape index (κ2) is 6.78. The molecule has 0 saturated heterocycles. The highest BCUT2D eigenvalue weighted by molar-refractivity contribution is 5.79. The molecule has 0 aliphatic heterocycles. The molecule has 130 valence electrons. The summed E-state index contributed by atoms with van der Waals surface area (Å²) in [5, 5.41) is 3.25. The maximum Gasteiger partial charge on any atom is 0.223 e. The van der Waals surface area contributed by atoms with Gasteiger partial charge in [0.15, 0.2) is 0 Å². The largest absolute Gasteiger partial charge is 0.375 e. The Hall–Kier alpha value is -1.51. The molecule has 1 N–H and O–H groups in total. The SMILES string of the molecule is CN(CCCNC(=O)C1C2CC3CC(C2)CC1C3)c1ccccc1. The third-order valence-electron chi connectivity index (χ3n) is 6.70. The van der Waals surface area contributed by atoms with E-state index in [0.29, 0.717) is 23.7 Å². The smallest absolute Gasteiger partial charge is 0.223 e. The van der Waals surface area contributed by atoms with Crippen molar-refractivity contribution in [3.8, 4) is 0 Å². The summed E-state index contributed by atoms with van der Waals surface area (Å²) in [5.74, 6) is 3.93. The number of hydrogen-bond acceptors (Lipinski definition) is 2. The molecule has 3 nitrogen and oxygen atoms in total. The van der Waals surface area contributed by atoms with Gasteiger partial charge in [0.2, 0.25) is 5.91 Å². The Bertz CT molecular complexity index is 542. The molecule has 1 aromatic carbocycles. The van der Waals surface area contributed by atoms with Gasteiger partial charge in [-0.2, -0.15) is 0 Å². The van der Waals surface area contributed by atoms with E-state index in [4.69, 9.17) is 0 Å². The van der Waals surface area contributed by atoms with Gasteiger partial charge in [-0.3, -0.25) is 4.79 Å². The van der Waals surface area contributed by atoms with Crippen LogP contribution in [0.2, 0.25) is 0 Å². The van der Waals surface area contributed by atoms with E-state index in [2.05, 4.69) is 41.5 Å². The first kappa shape index (κ1) is 16.0. The number of rotatable bonds is 6. The summed E-state index contributed by atoms with van der Waals surface area (Å²) in [7, 11) is 2.12. The van der Waals surface area contributed by atoms with E-state index >= 15 is 0 Å². The Morgan fingerprint density at radius 2 is 1.67 bits per heavy atom. The third kappa shape index (κ3) is 3.18. The molecule has 4 fully saturated rings. The van der Waals surface area contributed by atoms with Crippen LogP contribution in [0.15, 0.2) is 30.3 Å². The lowest BCUT2D eigenvalue weighted by Crippen LogP contribution is -2.51. The maximum atomic E-state index is 12.7. The number of nitrogens with one attached hydrogen (secondary N) is 1. The van der Waals surface area contributed by atoms with Crippen molar-refractivity contribution < 1.29 is 4.79 Å². The number of anilines is 1. The molecular formula is C21H30N2O. The van der Waals surface area contributed by atoms with Crippen molar-refractivity contribution >= 4 is 11.6 Å². The van der Waals surface area contributed by atoms with E-state index in [0.717, 1.165) is 31.3 Å². The minimum Gasteiger partial charge on any atom is -0.375 e. The molecule has 1 amide bonds. The number of nitrogens with zero attached hydrogens (tertiary/aromatic N) is 1. The second-order valence-electron chi connectivity index (χ2n) is 8.36. The van der Waals surface area contributed by atoms with E-state index < -0.39 is 0 Å². The topological polar surface area (TPSA) is 32.3 Å². The van der Waals surface area contributed by atoms with Crippen LogP contribution in [-0.2, 0) is 4.79 Å². The standard InChI is InChI=1S/C21H30N2O/c1-23(19-6-3-2-4-7-19)9-5-8-22-21(24)20-17-11-15-10-16(13-17)14-18(20)12-15/h2-4,6-7,15-18,20H,5,8-14H2,1H3,(H,22,24). The van der Waals surface area contributed by atoms with Crippen LogP contribution in [0.3, 0.4) is 0 Å². The van der Waals surface area contributed by atoms with Crippen molar-refractivity contribution in [3.05, 3.63) is 30.3 Å². The van der Waals surface area contributed by atoms with E-state index in [-0.39, 0.29) is 0 Å². The molecule has 3 heteroatoms. The van der Waals surface area contributed by atoms with Gasteiger partial charge in [-0.15, -0.1) is 0 Å². The van der Waals surface area contributed by atoms with Gasteiger partial charge >= 0.3 is 0 Å². The first-order valence-electron chi connectivity index (χ1n) is 9.74. The fraction of sp³-hybridized carbons (Fsp3) is 0.667. The number of carbonyl (C=O) groups excluding carboxylic acids is 1. The molecule has 0 unspecified atom stereocenters. The average Bonchev–Trinajstić information content (AvgIpc) is 2.58. The Balaban J connectivity index is 1.23. The van der Waals surface area contributed by atoms with Gasteiger partial charge in [-0.25, -0.2) is 0 Å². The lowest BCUT2D eigenvalue weighted by Gasteiger charge is -2.53. The van der Waals surface area contributed by atoms with E-state index in [1.54, 1.807) is 0 Å². The van der Waals surface area contributed by atoms with Crippen molar-refractivity contribution in [1.29, 1.82) is 0 Å². The minimum absolute atomic E-state index is 0.324. The van der Waals surface area contributed by atoms with Crippen molar-refractivity contribution in [1.82, 2.24) is 5.32 Å². The van der Waals surface area contributed by atoms with Crippen molar-refractivity contribution in [3.63, 3.8) is 0 Å². The molecule has 24 heavy (non-hydrogen) atoms. The van der Waals surface area contributed by atoms with Crippen LogP contribution in [0.25, 0.3) is 0 Å². The number of amides is 1. The number of hydrogen-bond donors (Lipinski definition) is 1. The van der Waals surface area contributed by atoms with E-state index in [1.165, 1.54) is 37.8 Å². The summed E-state index contributed by atoms with van der Waals surface area (Å²) in [6.45, 7) is 1.78. The highest BCUT2D eigenvalue weighted by atomic mass is 16.1. The zero-order valence-electron chi connectivity index (χ0n) is 14.8. The van der Waals surface area contributed by atoms with Gasteiger partial charge in [0.25, 0.3) is 0 Å². The van der Waals surface area contributed by atoms with Gasteiger partial charge in [0.1, 0.15) is 0 Å². The van der Waals surface area contributed by atoms with Gasteiger partial charge in [-0.1, -0.05) is 18.2 Å². The molecule has 5 rings (SSSR count). The van der Waals surface area contributed by atoms with Crippen LogP contribution in [0.1, 0.15) is 38.5 Å². The van der Waals surface area contributed by atoms with Crippen LogP contribution >= 0.6 is 0 Å². The minimum atomic E-state index is 0.324. The lowest BCUT2D eigenvalue weighted by molar-refractivity contribution is -0.138. The van der Waals surface area contributed by atoms with Gasteiger partial charge in [0, 0.05) is 31.7 Å². The summed E-state index contributed by atoms with van der Waals surface area (Å²) in [6.07, 6.45) is 7.74. The monoisotopic (exact) mass is 326 g/mol. The summed E-state index contributed by atoms with van der Waals surface area (Å²) in [6, 6.07) is 10.4. The molecular weight excluding hydrogens is 296 g/mol. The molecule has 1 aromatic rings. The predicted octanol–water partition coefficient (Wildman–Crippen LogP) is 3.70. The molecule has 4 bridgehead atoms. The van der Waals surface area contributed by atoms with Crippen LogP contribution in [0.5, 0.6) is 0 Å². The quantitative estimate of drug-likeness (QED) is 0.809. The molecule has 0 spiro atoms. The lowest BCUT2D eigenvalue weighted by atomic mass is 9.51. The van der Waals surface area contributed by atoms with E-state index in [9.17, 15) is 4.79 Å². The molecule has 0 atom stereocenters. The van der Waals surface area contributed by atoms with Crippen molar-refractivity contribution in [2.75, 3.05) is 25.0 Å². The Kier molecular flexibility index (Phi) is 4.51. The number of carbonyl (C=O) groups is 1. The third-order valence-corrected chi connectivity index (χ3v) is 6.70. The van der Waals surface area contributed by atoms with Crippen LogP contribution in [0.4, 0.5) is 5.69 Å². The van der Waals surface area contributed by atoms with Gasteiger partial charge in [0.05, 0.1) is 0 Å². The number of benzene rings is 1. The Morgan fingerprint density at radius 1 is 1.04 bits per heavy atom. The predicted molar refractivity (Wildman–Crippen MR) is 97.9 cm³/mol. The fourth-order valence-corrected chi connectivity index (χ4v) is 5.81. The first-order chi connectivity index (χ1) is 11.7. The highest BCUT2D eigenvalue weighted by Crippen LogP contribution is 2.56. The van der Waals surface area contributed by atoms with Crippen molar-refractivity contribution in [2.45, 2.75) is 38.5 Å². The first-order valence-corrected chi connectivity index (χ1v) is 9.74. The summed E-state index contributed by atoms with van der Waals surface area (Å²) in [4.78, 5) is 15.0. The Morgan fingerprint density at radius 3 is 2.29 bits per heavy atom. The normalized spacial score (nSPS) is 33.5. The van der Waals surface area contributed by atoms with Crippen LogP contribution in [0, 0.1) is 29.6 Å². The zero-order valence-corrected chi connectivity index (χ0v) is 14.8. The average molecular weight is 326 g/mol. The second-order valence-corrected chi connectivity index (χ2v) is 8.36. The summed E-state index contributed by atoms with van der Waals surface area (Å²) >= 11 is 0. The summed E-state index contributed by atoms with van der Waals surface area (Å²) < 4.78 is 0. The van der Waals surface area contributed by atoms with E-state index in [1.807, 2.05) is 6.07 Å². The highest BCUT2D eigenvalue weighted by Gasteiger charge is 2.50. The van der Waals surface area contributed by atoms with Crippen molar-refractivity contribution in [2.24, 2.45) is 29.6 Å². The molecule has 0 aromatic heterocycles. The van der Waals surface area contributed by atoms with Gasteiger partial charge < -0.3 is 10.2 Å². The van der Waals surface area contributed by atoms with Crippen LogP contribution < -0.4 is 10.2 Å². The fourth-order valence-electron chi connectivity index (χ4n) is 5.81. The molecule has 4 saturated carbocycles. The molecule has 0 heterocycles. The zero-order chi connectivity index (χ0) is 16.5. The molecule has 0 radical (unpaired) electrons. The summed E-state index contributed by atoms with van der Waals surface area (Å²) in [5.41, 5.74) is 1.24. The number of para-hydroxylation sites is 1. The maximum absolute atomic E-state index is 12.7. The molecule has 4 aliphatic carbocycles.